The van der Waals surface area contributed by atoms with Crippen LogP contribution in [0.15, 0.2) is 30.5 Å². The SMILES string of the molecule is N#Cc1cnc(NC(=O)CCCOc2cccc(C(F)(F)F)c2)s1. The summed E-state index contributed by atoms with van der Waals surface area (Å²) in [6, 6.07) is 6.48. The fourth-order valence-electron chi connectivity index (χ4n) is 1.75. The van der Waals surface area contributed by atoms with E-state index in [1.165, 1.54) is 18.3 Å². The predicted octanol–water partition coefficient (Wildman–Crippen LogP) is 3.83. The topological polar surface area (TPSA) is 75.0 Å². The zero-order valence-corrected chi connectivity index (χ0v) is 13.1. The third kappa shape index (κ3) is 5.24. The van der Waals surface area contributed by atoms with Gasteiger partial charge >= 0.3 is 6.18 Å². The largest absolute Gasteiger partial charge is 0.494 e. The molecule has 0 unspecified atom stereocenters. The van der Waals surface area contributed by atoms with Crippen LogP contribution in [-0.4, -0.2) is 17.5 Å². The molecule has 24 heavy (non-hydrogen) atoms. The van der Waals surface area contributed by atoms with Crippen molar-refractivity contribution in [2.24, 2.45) is 0 Å². The zero-order chi connectivity index (χ0) is 17.6. The minimum absolute atomic E-state index is 0.101. The van der Waals surface area contributed by atoms with E-state index in [9.17, 15) is 18.0 Å². The van der Waals surface area contributed by atoms with Gasteiger partial charge < -0.3 is 10.1 Å². The predicted molar refractivity (Wildman–Crippen MR) is 81.6 cm³/mol. The smallest absolute Gasteiger partial charge is 0.416 e. The summed E-state index contributed by atoms with van der Waals surface area (Å²) in [5.74, 6) is -0.203. The molecule has 0 fully saturated rings. The molecule has 1 amide bonds. The fourth-order valence-corrected chi connectivity index (χ4v) is 2.38. The summed E-state index contributed by atoms with van der Waals surface area (Å²) in [4.78, 5) is 15.9. The Kier molecular flexibility index (Phi) is 5.76. The summed E-state index contributed by atoms with van der Waals surface area (Å²) in [5, 5.41) is 11.5. The van der Waals surface area contributed by atoms with Gasteiger partial charge in [0.15, 0.2) is 5.13 Å². The van der Waals surface area contributed by atoms with Crippen LogP contribution in [0.3, 0.4) is 0 Å². The molecule has 1 aromatic carbocycles. The molecule has 2 aromatic rings. The van der Waals surface area contributed by atoms with Crippen LogP contribution in [0.1, 0.15) is 23.3 Å². The number of anilines is 1. The van der Waals surface area contributed by atoms with Crippen LogP contribution in [0.2, 0.25) is 0 Å². The lowest BCUT2D eigenvalue weighted by Crippen LogP contribution is -2.12. The summed E-state index contributed by atoms with van der Waals surface area (Å²) >= 11 is 1.06. The first-order valence-corrected chi connectivity index (χ1v) is 7.66. The van der Waals surface area contributed by atoms with Crippen molar-refractivity contribution in [3.63, 3.8) is 0 Å². The standard InChI is InChI=1S/C15H12F3N3O2S/c16-15(17,18)10-3-1-4-11(7-10)23-6-2-5-13(22)21-14-20-9-12(8-19)24-14/h1,3-4,7,9H,2,5-6H2,(H,20,21,22). The second kappa shape index (κ2) is 7.79. The van der Waals surface area contributed by atoms with Crippen molar-refractivity contribution in [2.45, 2.75) is 19.0 Å². The zero-order valence-electron chi connectivity index (χ0n) is 12.3. The van der Waals surface area contributed by atoms with E-state index in [0.717, 1.165) is 23.5 Å². The maximum absolute atomic E-state index is 12.6. The van der Waals surface area contributed by atoms with Gasteiger partial charge in [0, 0.05) is 6.42 Å². The van der Waals surface area contributed by atoms with Gasteiger partial charge in [-0.15, -0.1) is 0 Å². The van der Waals surface area contributed by atoms with Gasteiger partial charge in [-0.3, -0.25) is 4.79 Å². The number of ether oxygens (including phenoxy) is 1. The molecule has 1 heterocycles. The van der Waals surface area contributed by atoms with E-state index < -0.39 is 11.7 Å². The van der Waals surface area contributed by atoms with E-state index in [4.69, 9.17) is 10.00 Å². The number of carbonyl (C=O) groups is 1. The van der Waals surface area contributed by atoms with Gasteiger partial charge in [-0.05, 0) is 24.6 Å². The lowest BCUT2D eigenvalue weighted by molar-refractivity contribution is -0.137. The number of benzene rings is 1. The molecule has 0 saturated heterocycles. The number of hydrogen-bond donors (Lipinski definition) is 1. The van der Waals surface area contributed by atoms with E-state index in [2.05, 4.69) is 10.3 Å². The molecule has 0 bridgehead atoms. The van der Waals surface area contributed by atoms with Crippen LogP contribution in [0.5, 0.6) is 5.75 Å². The number of nitrogens with zero attached hydrogens (tertiary/aromatic N) is 2. The van der Waals surface area contributed by atoms with Crippen LogP contribution < -0.4 is 10.1 Å². The first-order chi connectivity index (χ1) is 11.4. The van der Waals surface area contributed by atoms with Crippen LogP contribution in [-0.2, 0) is 11.0 Å². The summed E-state index contributed by atoms with van der Waals surface area (Å²) < 4.78 is 42.9. The number of halogens is 3. The van der Waals surface area contributed by atoms with Crippen molar-refractivity contribution < 1.29 is 22.7 Å². The number of carbonyl (C=O) groups excluding carboxylic acids is 1. The fraction of sp³-hybridized carbons (Fsp3) is 0.267. The third-order valence-corrected chi connectivity index (χ3v) is 3.66. The first-order valence-electron chi connectivity index (χ1n) is 6.84. The van der Waals surface area contributed by atoms with E-state index in [-0.39, 0.29) is 24.7 Å². The number of rotatable bonds is 6. The van der Waals surface area contributed by atoms with Crippen molar-refractivity contribution >= 4 is 22.4 Å². The molecule has 0 aliphatic carbocycles. The van der Waals surface area contributed by atoms with Crippen molar-refractivity contribution in [1.29, 1.82) is 5.26 Å². The summed E-state index contributed by atoms with van der Waals surface area (Å²) in [7, 11) is 0. The maximum Gasteiger partial charge on any atom is 0.416 e. The Hall–Kier alpha value is -2.60. The van der Waals surface area contributed by atoms with Gasteiger partial charge in [-0.2, -0.15) is 18.4 Å². The number of thiazole rings is 1. The van der Waals surface area contributed by atoms with Crippen LogP contribution in [0.4, 0.5) is 18.3 Å². The van der Waals surface area contributed by atoms with Crippen LogP contribution in [0.25, 0.3) is 0 Å². The first kappa shape index (κ1) is 17.7. The number of aromatic nitrogens is 1. The van der Waals surface area contributed by atoms with Gasteiger partial charge in [-0.25, -0.2) is 4.98 Å². The molecule has 1 aromatic heterocycles. The highest BCUT2D eigenvalue weighted by atomic mass is 32.1. The van der Waals surface area contributed by atoms with E-state index in [0.29, 0.717) is 16.4 Å². The van der Waals surface area contributed by atoms with Gasteiger partial charge in [0.2, 0.25) is 5.91 Å². The van der Waals surface area contributed by atoms with E-state index >= 15 is 0 Å². The van der Waals surface area contributed by atoms with Crippen LogP contribution >= 0.6 is 11.3 Å². The minimum Gasteiger partial charge on any atom is -0.494 e. The number of nitrogens with one attached hydrogen (secondary N) is 1. The second-order valence-electron chi connectivity index (χ2n) is 4.67. The molecule has 5 nitrogen and oxygen atoms in total. The van der Waals surface area contributed by atoms with Gasteiger partial charge in [0.25, 0.3) is 0 Å². The molecule has 0 aliphatic heterocycles. The molecule has 0 aliphatic rings. The summed E-state index contributed by atoms with van der Waals surface area (Å²) in [6.07, 6.45) is -2.61. The molecular formula is C15H12F3N3O2S. The molecule has 0 atom stereocenters. The molecule has 9 heteroatoms. The number of amides is 1. The van der Waals surface area contributed by atoms with Gasteiger partial charge in [-0.1, -0.05) is 17.4 Å². The average molecular weight is 355 g/mol. The van der Waals surface area contributed by atoms with Crippen molar-refractivity contribution in [2.75, 3.05) is 11.9 Å². The quantitative estimate of drug-likeness (QED) is 0.799. The monoisotopic (exact) mass is 355 g/mol. The maximum atomic E-state index is 12.6. The van der Waals surface area contributed by atoms with Crippen LogP contribution in [0, 0.1) is 11.3 Å². The Bertz CT molecular complexity index is 753. The number of nitriles is 1. The van der Waals surface area contributed by atoms with Crippen molar-refractivity contribution in [3.05, 3.63) is 40.9 Å². The number of alkyl halides is 3. The minimum atomic E-state index is -4.42. The third-order valence-electron chi connectivity index (χ3n) is 2.84. The Labute approximate surface area is 139 Å². The Morgan fingerprint density at radius 2 is 2.21 bits per heavy atom. The molecule has 0 radical (unpaired) electrons. The van der Waals surface area contributed by atoms with Crippen molar-refractivity contribution in [1.82, 2.24) is 4.98 Å². The van der Waals surface area contributed by atoms with E-state index in [1.54, 1.807) is 0 Å². The second-order valence-corrected chi connectivity index (χ2v) is 5.70. The molecule has 2 rings (SSSR count). The normalized spacial score (nSPS) is 10.9. The van der Waals surface area contributed by atoms with Crippen molar-refractivity contribution in [3.8, 4) is 11.8 Å². The Morgan fingerprint density at radius 1 is 1.42 bits per heavy atom. The molecule has 0 spiro atoms. The van der Waals surface area contributed by atoms with Gasteiger partial charge in [0.05, 0.1) is 18.4 Å². The molecular weight excluding hydrogens is 343 g/mol. The Balaban J connectivity index is 1.75. The van der Waals surface area contributed by atoms with E-state index in [1.807, 2.05) is 6.07 Å². The average Bonchev–Trinajstić information content (AvgIpc) is 2.98. The lowest BCUT2D eigenvalue weighted by atomic mass is 10.2. The Morgan fingerprint density at radius 3 is 2.88 bits per heavy atom. The highest BCUT2D eigenvalue weighted by Crippen LogP contribution is 2.31. The molecule has 1 N–H and O–H groups in total. The number of hydrogen-bond acceptors (Lipinski definition) is 5. The summed E-state index contributed by atoms with van der Waals surface area (Å²) in [6.45, 7) is 0.107. The molecule has 126 valence electrons. The highest BCUT2D eigenvalue weighted by molar-refractivity contribution is 7.16. The van der Waals surface area contributed by atoms with Gasteiger partial charge in [0.1, 0.15) is 16.7 Å². The molecule has 0 saturated carbocycles. The highest BCUT2D eigenvalue weighted by Gasteiger charge is 2.30. The lowest BCUT2D eigenvalue weighted by Gasteiger charge is -2.10. The summed E-state index contributed by atoms with van der Waals surface area (Å²) in [5.41, 5.74) is -0.783.